The van der Waals surface area contributed by atoms with Crippen molar-refractivity contribution < 1.29 is 22.3 Å². The van der Waals surface area contributed by atoms with Crippen molar-refractivity contribution in [2.45, 2.75) is 51.0 Å². The smallest absolute Gasteiger partial charge is 0.410 e. The molecule has 0 radical (unpaired) electrons. The minimum absolute atomic E-state index is 0.184. The number of halogens is 1. The number of carbonyl (C=O) groups is 1. The standard InChI is InChI=1S/C18H27FN2O4S/c1-18(2,3)25-17(22)20(4)16-6-5-11-21(12-16)26(23,24)13-14-7-9-15(19)10-8-14/h7-10,16H,5-6,11-13H2,1-4H3. The average Bonchev–Trinajstić information content (AvgIpc) is 2.54. The quantitative estimate of drug-likeness (QED) is 0.798. The summed E-state index contributed by atoms with van der Waals surface area (Å²) in [6.45, 7) is 6.03. The molecule has 0 saturated carbocycles. The van der Waals surface area contributed by atoms with E-state index in [9.17, 15) is 17.6 Å². The fraction of sp³-hybridized carbons (Fsp3) is 0.611. The minimum Gasteiger partial charge on any atom is -0.444 e. The molecule has 1 aromatic carbocycles. The molecule has 1 fully saturated rings. The highest BCUT2D eigenvalue weighted by atomic mass is 32.2. The molecule has 8 heteroatoms. The lowest BCUT2D eigenvalue weighted by Gasteiger charge is -2.37. The van der Waals surface area contributed by atoms with Crippen LogP contribution in [0.5, 0.6) is 0 Å². The van der Waals surface area contributed by atoms with E-state index < -0.39 is 27.5 Å². The van der Waals surface area contributed by atoms with E-state index in [1.54, 1.807) is 27.8 Å². The molecule has 146 valence electrons. The van der Waals surface area contributed by atoms with Crippen molar-refractivity contribution in [3.8, 4) is 0 Å². The second-order valence-corrected chi connectivity index (χ2v) is 9.60. The molecular formula is C18H27FN2O4S. The largest absolute Gasteiger partial charge is 0.444 e. The summed E-state index contributed by atoms with van der Waals surface area (Å²) in [5.74, 6) is -0.584. The summed E-state index contributed by atoms with van der Waals surface area (Å²) in [6, 6.07) is 5.21. The Kier molecular flexibility index (Phi) is 6.29. The number of piperidine rings is 1. The van der Waals surface area contributed by atoms with Gasteiger partial charge in [-0.3, -0.25) is 0 Å². The zero-order valence-electron chi connectivity index (χ0n) is 15.7. The van der Waals surface area contributed by atoms with Crippen LogP contribution in [-0.4, -0.2) is 55.5 Å². The summed E-state index contributed by atoms with van der Waals surface area (Å²) in [4.78, 5) is 13.7. The molecule has 1 amide bonds. The molecule has 0 bridgehead atoms. The Hall–Kier alpha value is -1.67. The number of amides is 1. The molecule has 0 N–H and O–H groups in total. The van der Waals surface area contributed by atoms with E-state index in [4.69, 9.17) is 4.74 Å². The van der Waals surface area contributed by atoms with E-state index in [0.29, 0.717) is 18.5 Å². The van der Waals surface area contributed by atoms with Gasteiger partial charge < -0.3 is 9.64 Å². The molecular weight excluding hydrogens is 359 g/mol. The maximum absolute atomic E-state index is 13.0. The first-order valence-corrected chi connectivity index (χ1v) is 10.3. The fourth-order valence-electron chi connectivity index (χ4n) is 2.86. The Morgan fingerprint density at radius 1 is 1.31 bits per heavy atom. The van der Waals surface area contributed by atoms with Crippen LogP contribution in [-0.2, 0) is 20.5 Å². The molecule has 1 atom stereocenters. The van der Waals surface area contributed by atoms with Gasteiger partial charge in [0.15, 0.2) is 0 Å². The van der Waals surface area contributed by atoms with Crippen molar-refractivity contribution >= 4 is 16.1 Å². The van der Waals surface area contributed by atoms with Gasteiger partial charge in [-0.05, 0) is 51.3 Å². The number of carbonyl (C=O) groups excluding carboxylic acids is 1. The highest BCUT2D eigenvalue weighted by Gasteiger charge is 2.33. The first-order chi connectivity index (χ1) is 12.0. The van der Waals surface area contributed by atoms with Gasteiger partial charge in [-0.25, -0.2) is 17.6 Å². The van der Waals surface area contributed by atoms with Crippen LogP contribution in [0.3, 0.4) is 0 Å². The van der Waals surface area contributed by atoms with Gasteiger partial charge in [0.1, 0.15) is 11.4 Å². The van der Waals surface area contributed by atoms with Crippen LogP contribution in [0.25, 0.3) is 0 Å². The van der Waals surface area contributed by atoms with Gasteiger partial charge in [-0.1, -0.05) is 12.1 Å². The summed E-state index contributed by atoms with van der Waals surface area (Å²) in [5.41, 5.74) is -0.0667. The van der Waals surface area contributed by atoms with Crippen LogP contribution >= 0.6 is 0 Å². The Morgan fingerprint density at radius 2 is 1.92 bits per heavy atom. The number of nitrogens with zero attached hydrogens (tertiary/aromatic N) is 2. The predicted molar refractivity (Wildman–Crippen MR) is 97.6 cm³/mol. The van der Waals surface area contributed by atoms with Crippen molar-refractivity contribution in [3.05, 3.63) is 35.6 Å². The minimum atomic E-state index is -3.54. The Bertz CT molecular complexity index is 729. The summed E-state index contributed by atoms with van der Waals surface area (Å²) >= 11 is 0. The number of hydrogen-bond acceptors (Lipinski definition) is 4. The van der Waals surface area contributed by atoms with Crippen molar-refractivity contribution in [1.29, 1.82) is 0 Å². The lowest BCUT2D eigenvalue weighted by Crippen LogP contribution is -2.51. The lowest BCUT2D eigenvalue weighted by atomic mass is 10.1. The third-order valence-corrected chi connectivity index (χ3v) is 6.06. The fourth-order valence-corrected chi connectivity index (χ4v) is 4.46. The molecule has 1 unspecified atom stereocenters. The molecule has 6 nitrogen and oxygen atoms in total. The van der Waals surface area contributed by atoms with Crippen LogP contribution in [0.4, 0.5) is 9.18 Å². The molecule has 2 rings (SSSR count). The summed E-state index contributed by atoms with van der Waals surface area (Å²) in [6.07, 6.45) is 0.930. The Balaban J connectivity index is 2.04. The molecule has 1 saturated heterocycles. The number of benzene rings is 1. The topological polar surface area (TPSA) is 66.9 Å². The number of sulfonamides is 1. The molecule has 26 heavy (non-hydrogen) atoms. The van der Waals surface area contributed by atoms with E-state index in [-0.39, 0.29) is 18.3 Å². The van der Waals surface area contributed by atoms with Gasteiger partial charge in [-0.2, -0.15) is 4.31 Å². The van der Waals surface area contributed by atoms with Crippen LogP contribution in [0.2, 0.25) is 0 Å². The van der Waals surface area contributed by atoms with Gasteiger partial charge >= 0.3 is 6.09 Å². The summed E-state index contributed by atoms with van der Waals surface area (Å²) in [7, 11) is -1.91. The third-order valence-electron chi connectivity index (χ3n) is 4.24. The second-order valence-electron chi connectivity index (χ2n) is 7.63. The zero-order chi connectivity index (χ0) is 19.5. The number of rotatable bonds is 4. The van der Waals surface area contributed by atoms with Crippen molar-refractivity contribution in [2.24, 2.45) is 0 Å². The molecule has 1 aliphatic heterocycles. The van der Waals surface area contributed by atoms with Crippen LogP contribution in [0.1, 0.15) is 39.2 Å². The second kappa shape index (κ2) is 7.92. The lowest BCUT2D eigenvalue weighted by molar-refractivity contribution is 0.0173. The summed E-state index contributed by atoms with van der Waals surface area (Å²) < 4.78 is 45.2. The Morgan fingerprint density at radius 3 is 2.50 bits per heavy atom. The normalized spacial score (nSPS) is 19.2. The van der Waals surface area contributed by atoms with E-state index >= 15 is 0 Å². The van der Waals surface area contributed by atoms with E-state index in [0.717, 1.165) is 6.42 Å². The first kappa shape index (κ1) is 20.6. The van der Waals surface area contributed by atoms with Gasteiger partial charge in [0.25, 0.3) is 0 Å². The highest BCUT2D eigenvalue weighted by molar-refractivity contribution is 7.88. The SMILES string of the molecule is CN(C(=O)OC(C)(C)C)C1CCCN(S(=O)(=O)Cc2ccc(F)cc2)C1. The highest BCUT2D eigenvalue weighted by Crippen LogP contribution is 2.22. The average molecular weight is 386 g/mol. The number of likely N-dealkylation sites (N-methyl/N-ethyl adjacent to an activating group) is 1. The number of hydrogen-bond donors (Lipinski definition) is 0. The summed E-state index contributed by atoms with van der Waals surface area (Å²) in [5, 5.41) is 0. The van der Waals surface area contributed by atoms with Crippen molar-refractivity contribution in [1.82, 2.24) is 9.21 Å². The van der Waals surface area contributed by atoms with Gasteiger partial charge in [0, 0.05) is 26.2 Å². The maximum Gasteiger partial charge on any atom is 0.410 e. The van der Waals surface area contributed by atoms with Crippen LogP contribution in [0.15, 0.2) is 24.3 Å². The van der Waals surface area contributed by atoms with Gasteiger partial charge in [-0.15, -0.1) is 0 Å². The van der Waals surface area contributed by atoms with Crippen molar-refractivity contribution in [2.75, 3.05) is 20.1 Å². The monoisotopic (exact) mass is 386 g/mol. The van der Waals surface area contributed by atoms with Crippen molar-refractivity contribution in [3.63, 3.8) is 0 Å². The maximum atomic E-state index is 13.0. The van der Waals surface area contributed by atoms with Crippen LogP contribution < -0.4 is 0 Å². The molecule has 0 aliphatic carbocycles. The molecule has 0 spiro atoms. The Labute approximate surface area is 155 Å². The van der Waals surface area contributed by atoms with E-state index in [2.05, 4.69) is 0 Å². The van der Waals surface area contributed by atoms with Gasteiger partial charge in [0.05, 0.1) is 5.75 Å². The molecule has 1 aromatic rings. The van der Waals surface area contributed by atoms with Crippen LogP contribution in [0, 0.1) is 5.82 Å². The first-order valence-electron chi connectivity index (χ1n) is 8.66. The van der Waals surface area contributed by atoms with E-state index in [1.807, 2.05) is 0 Å². The zero-order valence-corrected chi connectivity index (χ0v) is 16.6. The molecule has 1 heterocycles. The third kappa shape index (κ3) is 5.67. The van der Waals surface area contributed by atoms with Gasteiger partial charge in [0.2, 0.25) is 10.0 Å². The predicted octanol–water partition coefficient (Wildman–Crippen LogP) is 2.99. The number of ether oxygens (including phenoxy) is 1. The molecule has 0 aromatic heterocycles. The molecule has 1 aliphatic rings. The van der Waals surface area contributed by atoms with E-state index in [1.165, 1.54) is 33.5 Å².